The number of nitrogens with one attached hydrogen (secondary N) is 1. The minimum Gasteiger partial charge on any atom is -0.379 e. The molecule has 0 bridgehead atoms. The van der Waals surface area contributed by atoms with E-state index in [1.165, 1.54) is 16.4 Å². The fourth-order valence-electron chi connectivity index (χ4n) is 3.36. The first-order valence-corrected chi connectivity index (χ1v) is 11.1. The number of aromatic nitrogens is 2. The number of nitro groups is 1. The van der Waals surface area contributed by atoms with Crippen LogP contribution in [0.25, 0.3) is 0 Å². The van der Waals surface area contributed by atoms with E-state index < -0.39 is 14.9 Å². The molecule has 1 aliphatic heterocycles. The fraction of sp³-hybridized carbons (Fsp3) is 0.250. The van der Waals surface area contributed by atoms with Crippen molar-refractivity contribution in [2.75, 3.05) is 31.6 Å². The third kappa shape index (κ3) is 4.74. The third-order valence-electron chi connectivity index (χ3n) is 4.90. The van der Waals surface area contributed by atoms with Crippen molar-refractivity contribution in [3.8, 4) is 0 Å². The maximum Gasteiger partial charge on any atom is 0.294 e. The van der Waals surface area contributed by atoms with Crippen molar-refractivity contribution < 1.29 is 18.1 Å². The van der Waals surface area contributed by atoms with Crippen LogP contribution < -0.4 is 5.32 Å². The number of morpholine rings is 1. The Hall–Kier alpha value is -3.28. The molecule has 0 radical (unpaired) electrons. The Morgan fingerprint density at radius 3 is 2.68 bits per heavy atom. The SMILES string of the molecule is O=[N+]([O-])c1cc(S(=O)(=O)N2CCOCC2)ccc1Nc1cccc(Cn2ccnc2)c1. The number of hydrogen-bond acceptors (Lipinski definition) is 7. The van der Waals surface area contributed by atoms with E-state index in [-0.39, 0.29) is 29.4 Å². The molecule has 31 heavy (non-hydrogen) atoms. The Morgan fingerprint density at radius 1 is 1.16 bits per heavy atom. The van der Waals surface area contributed by atoms with Gasteiger partial charge in [0.2, 0.25) is 10.0 Å². The summed E-state index contributed by atoms with van der Waals surface area (Å²) < 4.78 is 34.1. The molecule has 0 atom stereocenters. The van der Waals surface area contributed by atoms with Gasteiger partial charge in [-0.15, -0.1) is 0 Å². The van der Waals surface area contributed by atoms with Gasteiger partial charge in [0, 0.05) is 43.8 Å². The smallest absolute Gasteiger partial charge is 0.294 e. The van der Waals surface area contributed by atoms with Gasteiger partial charge in [-0.1, -0.05) is 12.1 Å². The Balaban J connectivity index is 1.60. The number of hydrogen-bond donors (Lipinski definition) is 1. The van der Waals surface area contributed by atoms with Crippen molar-refractivity contribution in [3.05, 3.63) is 76.9 Å². The zero-order chi connectivity index (χ0) is 21.8. The van der Waals surface area contributed by atoms with E-state index in [0.29, 0.717) is 25.4 Å². The van der Waals surface area contributed by atoms with Crippen molar-refractivity contribution in [2.45, 2.75) is 11.4 Å². The highest BCUT2D eigenvalue weighted by Gasteiger charge is 2.28. The maximum atomic E-state index is 12.8. The molecule has 2 heterocycles. The monoisotopic (exact) mass is 443 g/mol. The quantitative estimate of drug-likeness (QED) is 0.440. The molecule has 0 aliphatic carbocycles. The van der Waals surface area contributed by atoms with Gasteiger partial charge in [0.15, 0.2) is 0 Å². The summed E-state index contributed by atoms with van der Waals surface area (Å²) in [6.07, 6.45) is 5.25. The molecular formula is C20H21N5O5S. The molecule has 0 spiro atoms. The number of nitro benzene ring substituents is 1. The first-order valence-electron chi connectivity index (χ1n) is 9.61. The summed E-state index contributed by atoms with van der Waals surface area (Å²) in [7, 11) is -3.83. The summed E-state index contributed by atoms with van der Waals surface area (Å²) in [5.41, 5.74) is 1.54. The van der Waals surface area contributed by atoms with Crippen LogP contribution in [0.15, 0.2) is 66.1 Å². The summed E-state index contributed by atoms with van der Waals surface area (Å²) in [6, 6.07) is 11.4. The lowest BCUT2D eigenvalue weighted by Crippen LogP contribution is -2.40. The molecule has 0 amide bonds. The van der Waals surface area contributed by atoms with Crippen LogP contribution in [0.3, 0.4) is 0 Å². The second kappa shape index (κ2) is 8.84. The number of anilines is 2. The van der Waals surface area contributed by atoms with Crippen molar-refractivity contribution >= 4 is 27.1 Å². The molecule has 0 saturated carbocycles. The van der Waals surface area contributed by atoms with Gasteiger partial charge in [0.25, 0.3) is 5.69 Å². The molecule has 162 valence electrons. The molecule has 1 N–H and O–H groups in total. The van der Waals surface area contributed by atoms with Crippen molar-refractivity contribution in [2.24, 2.45) is 0 Å². The highest BCUT2D eigenvalue weighted by Crippen LogP contribution is 2.31. The Morgan fingerprint density at radius 2 is 1.97 bits per heavy atom. The number of imidazole rings is 1. The van der Waals surface area contributed by atoms with E-state index in [0.717, 1.165) is 11.6 Å². The van der Waals surface area contributed by atoms with E-state index in [2.05, 4.69) is 10.3 Å². The lowest BCUT2D eigenvalue weighted by molar-refractivity contribution is -0.384. The topological polar surface area (TPSA) is 120 Å². The second-order valence-corrected chi connectivity index (χ2v) is 8.95. The second-order valence-electron chi connectivity index (χ2n) is 7.01. The van der Waals surface area contributed by atoms with Crippen molar-refractivity contribution in [3.63, 3.8) is 0 Å². The third-order valence-corrected chi connectivity index (χ3v) is 6.80. The van der Waals surface area contributed by atoms with Crippen LogP contribution in [0.4, 0.5) is 17.1 Å². The Kier molecular flexibility index (Phi) is 5.98. The predicted octanol–water partition coefficient (Wildman–Crippen LogP) is 2.60. The van der Waals surface area contributed by atoms with Crippen LogP contribution in [0, 0.1) is 10.1 Å². The molecule has 1 saturated heterocycles. The number of ether oxygens (including phenoxy) is 1. The first kappa shape index (κ1) is 21.0. The molecule has 4 rings (SSSR count). The largest absolute Gasteiger partial charge is 0.379 e. The fourth-order valence-corrected chi connectivity index (χ4v) is 4.79. The van der Waals surface area contributed by atoms with E-state index in [9.17, 15) is 18.5 Å². The highest BCUT2D eigenvalue weighted by molar-refractivity contribution is 7.89. The van der Waals surface area contributed by atoms with Gasteiger partial charge in [-0.2, -0.15) is 4.31 Å². The number of benzene rings is 2. The van der Waals surface area contributed by atoms with Gasteiger partial charge >= 0.3 is 0 Å². The van der Waals surface area contributed by atoms with Crippen LogP contribution in [-0.4, -0.2) is 53.5 Å². The normalized spacial score (nSPS) is 15.0. The molecule has 1 aromatic heterocycles. The molecule has 10 nitrogen and oxygen atoms in total. The maximum absolute atomic E-state index is 12.8. The lowest BCUT2D eigenvalue weighted by atomic mass is 10.2. The van der Waals surface area contributed by atoms with E-state index in [1.54, 1.807) is 18.6 Å². The minimum atomic E-state index is -3.83. The van der Waals surface area contributed by atoms with E-state index >= 15 is 0 Å². The first-order chi connectivity index (χ1) is 14.9. The average Bonchev–Trinajstić information content (AvgIpc) is 3.27. The van der Waals surface area contributed by atoms with Gasteiger partial charge in [0.1, 0.15) is 5.69 Å². The van der Waals surface area contributed by atoms with Crippen molar-refractivity contribution in [1.82, 2.24) is 13.9 Å². The highest BCUT2D eigenvalue weighted by atomic mass is 32.2. The van der Waals surface area contributed by atoms with Gasteiger partial charge in [-0.25, -0.2) is 13.4 Å². The summed E-state index contributed by atoms with van der Waals surface area (Å²) >= 11 is 0. The van der Waals surface area contributed by atoms with Crippen LogP contribution in [0.5, 0.6) is 0 Å². The van der Waals surface area contributed by atoms with E-state index in [1.807, 2.05) is 29.0 Å². The van der Waals surface area contributed by atoms with Gasteiger partial charge in [-0.05, 0) is 29.8 Å². The minimum absolute atomic E-state index is 0.111. The molecule has 1 fully saturated rings. The van der Waals surface area contributed by atoms with Gasteiger partial charge < -0.3 is 14.6 Å². The molecule has 0 unspecified atom stereocenters. The Bertz CT molecular complexity index is 1170. The zero-order valence-corrected chi connectivity index (χ0v) is 17.4. The summed E-state index contributed by atoms with van der Waals surface area (Å²) in [5.74, 6) is 0. The molecular weight excluding hydrogens is 422 g/mol. The lowest BCUT2D eigenvalue weighted by Gasteiger charge is -2.26. The standard InChI is InChI=1S/C20H21N5O5S/c26-25(27)20-13-18(31(28,29)24-8-10-30-11-9-24)4-5-19(20)22-17-3-1-2-16(12-17)14-23-7-6-21-15-23/h1-7,12-13,15,22H,8-11,14H2. The van der Waals surface area contributed by atoms with Crippen molar-refractivity contribution in [1.29, 1.82) is 0 Å². The van der Waals surface area contributed by atoms with Crippen LogP contribution in [-0.2, 0) is 21.3 Å². The number of nitrogens with zero attached hydrogens (tertiary/aromatic N) is 4. The van der Waals surface area contributed by atoms with Gasteiger partial charge in [-0.3, -0.25) is 10.1 Å². The summed E-state index contributed by atoms with van der Waals surface area (Å²) in [4.78, 5) is 15.0. The zero-order valence-electron chi connectivity index (χ0n) is 16.5. The number of rotatable bonds is 7. The molecule has 2 aromatic carbocycles. The van der Waals surface area contributed by atoms with Crippen LogP contribution in [0.2, 0.25) is 0 Å². The van der Waals surface area contributed by atoms with E-state index in [4.69, 9.17) is 4.74 Å². The van der Waals surface area contributed by atoms with Gasteiger partial charge in [0.05, 0.1) is 29.4 Å². The van der Waals surface area contributed by atoms with Crippen LogP contribution >= 0.6 is 0 Å². The Labute approximate surface area is 179 Å². The average molecular weight is 443 g/mol. The van der Waals surface area contributed by atoms with Crippen LogP contribution in [0.1, 0.15) is 5.56 Å². The molecule has 3 aromatic rings. The summed E-state index contributed by atoms with van der Waals surface area (Å²) in [6.45, 7) is 1.65. The molecule has 1 aliphatic rings. The predicted molar refractivity (Wildman–Crippen MR) is 114 cm³/mol. The number of sulfonamides is 1. The molecule has 11 heteroatoms. The summed E-state index contributed by atoms with van der Waals surface area (Å²) in [5, 5.41) is 14.7.